The van der Waals surface area contributed by atoms with Crippen LogP contribution < -0.4 is 20.9 Å². The van der Waals surface area contributed by atoms with E-state index in [1.54, 1.807) is 41.4 Å². The Kier molecular flexibility index (Phi) is 6.63. The lowest BCUT2D eigenvalue weighted by molar-refractivity contribution is -0.178. The van der Waals surface area contributed by atoms with Gasteiger partial charge in [0.25, 0.3) is 5.91 Å². The fraction of sp³-hybridized carbons (Fsp3) is 0.500. The number of alkyl halides is 3. The molecule has 1 amide bonds. The molecule has 10 heteroatoms. The lowest BCUT2D eigenvalue weighted by Crippen LogP contribution is -2.38. The number of amides is 1. The summed E-state index contributed by atoms with van der Waals surface area (Å²) in [4.78, 5) is 25.8. The summed E-state index contributed by atoms with van der Waals surface area (Å²) in [6.45, 7) is 2.14. The largest absolute Gasteiger partial charge is 0.393 e. The van der Waals surface area contributed by atoms with Gasteiger partial charge in [0, 0.05) is 54.3 Å². The summed E-state index contributed by atoms with van der Waals surface area (Å²) in [6.07, 6.45) is 3.95. The maximum atomic E-state index is 13.4. The topological polar surface area (TPSA) is 87.4 Å². The zero-order valence-corrected chi connectivity index (χ0v) is 20.3. The summed E-state index contributed by atoms with van der Waals surface area (Å²) in [5.74, 6) is -1.04. The van der Waals surface area contributed by atoms with Crippen LogP contribution in [0.2, 0.25) is 0 Å². The minimum absolute atomic E-state index is 0.00536. The van der Waals surface area contributed by atoms with Gasteiger partial charge in [-0.25, -0.2) is 4.98 Å². The maximum absolute atomic E-state index is 13.4. The number of nitrogens with two attached hydrogens (primary N) is 1. The van der Waals surface area contributed by atoms with E-state index in [-0.39, 0.29) is 31.6 Å². The van der Waals surface area contributed by atoms with Crippen molar-refractivity contribution in [2.24, 2.45) is 17.6 Å². The molecular formula is C26H31F3N6O. The molecule has 2 aliphatic heterocycles. The van der Waals surface area contributed by atoms with Crippen molar-refractivity contribution in [3.05, 3.63) is 47.7 Å². The number of anilines is 4. The molecule has 0 spiro atoms. The molecule has 192 valence electrons. The van der Waals surface area contributed by atoms with Gasteiger partial charge in [0.1, 0.15) is 5.82 Å². The summed E-state index contributed by atoms with van der Waals surface area (Å²) in [6, 6.07) is 7.32. The molecule has 36 heavy (non-hydrogen) atoms. The number of halogens is 3. The number of fused-ring (bicyclic) bond motifs is 1. The third-order valence-electron chi connectivity index (χ3n) is 7.49. The zero-order valence-electron chi connectivity index (χ0n) is 20.3. The number of benzene rings is 1. The number of aromatic nitrogens is 2. The van der Waals surface area contributed by atoms with E-state index in [1.807, 2.05) is 11.8 Å². The van der Waals surface area contributed by atoms with Gasteiger partial charge in [0.15, 0.2) is 0 Å². The van der Waals surface area contributed by atoms with Crippen LogP contribution in [0.25, 0.3) is 0 Å². The summed E-state index contributed by atoms with van der Waals surface area (Å²) < 4.78 is 40.1. The van der Waals surface area contributed by atoms with Gasteiger partial charge in [0.2, 0.25) is 5.95 Å². The first-order valence-electron chi connectivity index (χ1n) is 12.5. The molecule has 0 radical (unpaired) electrons. The molecule has 0 bridgehead atoms. The van der Waals surface area contributed by atoms with Gasteiger partial charge >= 0.3 is 6.18 Å². The molecule has 1 unspecified atom stereocenters. The van der Waals surface area contributed by atoms with Crippen LogP contribution in [0.1, 0.15) is 38.2 Å². The molecule has 5 rings (SSSR count). The Balaban J connectivity index is 1.34. The van der Waals surface area contributed by atoms with Crippen LogP contribution in [-0.4, -0.2) is 47.7 Å². The molecule has 1 saturated carbocycles. The minimum Gasteiger partial charge on any atom is -0.371 e. The number of allylic oxidation sites excluding steroid dienone is 1. The average molecular weight is 501 g/mol. The van der Waals surface area contributed by atoms with Crippen LogP contribution in [0.15, 0.2) is 42.1 Å². The number of hydrogen-bond donors (Lipinski definition) is 2. The van der Waals surface area contributed by atoms with Crippen LogP contribution in [0.3, 0.4) is 0 Å². The Hall–Kier alpha value is -3.14. The first-order chi connectivity index (χ1) is 17.2. The van der Waals surface area contributed by atoms with E-state index < -0.39 is 18.0 Å². The highest BCUT2D eigenvalue weighted by Gasteiger charge is 2.49. The van der Waals surface area contributed by atoms with E-state index in [4.69, 9.17) is 10.7 Å². The highest BCUT2D eigenvalue weighted by Crippen LogP contribution is 2.39. The quantitative estimate of drug-likeness (QED) is 0.626. The molecule has 1 aromatic heterocycles. The fourth-order valence-corrected chi connectivity index (χ4v) is 5.62. The van der Waals surface area contributed by atoms with Crippen molar-refractivity contribution in [2.75, 3.05) is 34.8 Å². The summed E-state index contributed by atoms with van der Waals surface area (Å²) in [7, 11) is 0. The Bertz CT molecular complexity index is 1140. The summed E-state index contributed by atoms with van der Waals surface area (Å²) >= 11 is 0. The van der Waals surface area contributed by atoms with Crippen molar-refractivity contribution in [1.82, 2.24) is 9.97 Å². The van der Waals surface area contributed by atoms with Gasteiger partial charge in [-0.1, -0.05) is 18.4 Å². The smallest absolute Gasteiger partial charge is 0.371 e. The normalized spacial score (nSPS) is 23.0. The van der Waals surface area contributed by atoms with E-state index in [9.17, 15) is 18.0 Å². The molecule has 3 N–H and O–H groups in total. The number of hydrogen-bond acceptors (Lipinski definition) is 6. The van der Waals surface area contributed by atoms with Crippen molar-refractivity contribution >= 4 is 29.0 Å². The first-order valence-corrected chi connectivity index (χ1v) is 12.5. The molecule has 3 aliphatic rings. The molecule has 1 aromatic carbocycles. The first kappa shape index (κ1) is 24.5. The molecular weight excluding hydrogens is 469 g/mol. The minimum atomic E-state index is -4.26. The lowest BCUT2D eigenvalue weighted by Gasteiger charge is -2.27. The second kappa shape index (κ2) is 9.72. The monoisotopic (exact) mass is 500 g/mol. The molecule has 1 aliphatic carbocycles. The van der Waals surface area contributed by atoms with Crippen LogP contribution in [-0.2, 0) is 11.2 Å². The van der Waals surface area contributed by atoms with Crippen LogP contribution >= 0.6 is 0 Å². The zero-order chi connectivity index (χ0) is 25.4. The van der Waals surface area contributed by atoms with Gasteiger partial charge in [0.05, 0.1) is 5.92 Å². The fourth-order valence-electron chi connectivity index (χ4n) is 5.62. The molecule has 2 fully saturated rings. The number of rotatable bonds is 5. The van der Waals surface area contributed by atoms with E-state index in [1.165, 1.54) is 0 Å². The maximum Gasteiger partial charge on any atom is 0.393 e. The van der Waals surface area contributed by atoms with Crippen LogP contribution in [0, 0.1) is 11.8 Å². The Labute approximate surface area is 208 Å². The molecule has 1 saturated heterocycles. The van der Waals surface area contributed by atoms with Gasteiger partial charge in [-0.15, -0.1) is 0 Å². The van der Waals surface area contributed by atoms with Gasteiger partial charge in [-0.05, 0) is 57.0 Å². The van der Waals surface area contributed by atoms with Crippen molar-refractivity contribution in [1.29, 1.82) is 0 Å². The SMILES string of the molecule is CC1=CC(=O)N(C2CCCC2)c2nc(Nc3ccc(N4CC(C(F)(F)F)[C@H](CN)C4)cc3)ncc2C1. The van der Waals surface area contributed by atoms with Crippen LogP contribution in [0.5, 0.6) is 0 Å². The second-order valence-electron chi connectivity index (χ2n) is 10.1. The molecule has 2 atom stereocenters. The highest BCUT2D eigenvalue weighted by molar-refractivity contribution is 6.03. The third-order valence-corrected chi connectivity index (χ3v) is 7.49. The third kappa shape index (κ3) is 4.91. The van der Waals surface area contributed by atoms with Gasteiger partial charge in [-0.3, -0.25) is 9.69 Å². The number of nitrogens with zero attached hydrogens (tertiary/aromatic N) is 4. The predicted molar refractivity (Wildman–Crippen MR) is 133 cm³/mol. The Morgan fingerprint density at radius 2 is 1.86 bits per heavy atom. The summed E-state index contributed by atoms with van der Waals surface area (Å²) in [5.41, 5.74) is 8.94. The van der Waals surface area contributed by atoms with Crippen molar-refractivity contribution in [3.63, 3.8) is 0 Å². The van der Waals surface area contributed by atoms with Gasteiger partial charge in [-0.2, -0.15) is 18.2 Å². The number of nitrogens with one attached hydrogen (secondary N) is 1. The van der Waals surface area contributed by atoms with Crippen molar-refractivity contribution < 1.29 is 18.0 Å². The Morgan fingerprint density at radius 3 is 2.50 bits per heavy atom. The van der Waals surface area contributed by atoms with E-state index in [0.717, 1.165) is 36.8 Å². The van der Waals surface area contributed by atoms with E-state index in [0.29, 0.717) is 29.6 Å². The van der Waals surface area contributed by atoms with E-state index in [2.05, 4.69) is 10.3 Å². The van der Waals surface area contributed by atoms with Crippen LogP contribution in [0.4, 0.5) is 36.3 Å². The highest BCUT2D eigenvalue weighted by atomic mass is 19.4. The molecule has 2 aromatic rings. The van der Waals surface area contributed by atoms with Gasteiger partial charge < -0.3 is 16.0 Å². The lowest BCUT2D eigenvalue weighted by atomic mass is 9.96. The molecule has 7 nitrogen and oxygen atoms in total. The molecule has 3 heterocycles. The van der Waals surface area contributed by atoms with Crippen molar-refractivity contribution in [3.8, 4) is 0 Å². The second-order valence-corrected chi connectivity index (χ2v) is 10.1. The van der Waals surface area contributed by atoms with Crippen molar-refractivity contribution in [2.45, 2.75) is 51.2 Å². The van der Waals surface area contributed by atoms with E-state index >= 15 is 0 Å². The Morgan fingerprint density at radius 1 is 1.14 bits per heavy atom. The number of carbonyl (C=O) groups is 1. The number of carbonyl (C=O) groups excluding carboxylic acids is 1. The predicted octanol–water partition coefficient (Wildman–Crippen LogP) is 4.57. The average Bonchev–Trinajstić information content (AvgIpc) is 3.49. The standard InChI is InChI=1S/C26H31F3N6O/c1-16-10-17-13-31-25(33-24(17)35(23(36)11-16)21-4-2-3-5-21)32-19-6-8-20(9-7-19)34-14-18(12-30)22(15-34)26(27,28)29/h6-9,11,13,18,21-22H,2-5,10,12,14-15,30H2,1H3,(H,31,32,33)/t18-,22?/m1/s1. The summed E-state index contributed by atoms with van der Waals surface area (Å²) in [5, 5.41) is 3.19.